The molecule has 0 N–H and O–H groups in total. The van der Waals surface area contributed by atoms with Crippen LogP contribution in [-0.4, -0.2) is 63.1 Å². The maximum atomic E-state index is 12.2. The maximum absolute atomic E-state index is 12.2. The first-order valence-corrected chi connectivity index (χ1v) is 9.18. The van der Waals surface area contributed by atoms with Crippen molar-refractivity contribution < 1.29 is 19.1 Å². The molecule has 9 nitrogen and oxygen atoms in total. The lowest BCUT2D eigenvalue weighted by atomic mass is 10.4. The van der Waals surface area contributed by atoms with Crippen LogP contribution in [0, 0.1) is 6.92 Å². The topological polar surface area (TPSA) is 99.4 Å². The molecule has 2 aromatic rings. The van der Waals surface area contributed by atoms with Crippen LogP contribution in [0.3, 0.4) is 0 Å². The van der Waals surface area contributed by atoms with Crippen LogP contribution in [0.25, 0.3) is 0 Å². The highest BCUT2D eigenvalue weighted by Gasteiger charge is 2.19. The molecular formula is C14H16BrN5O4S. The number of amides is 1. The number of aromatic nitrogens is 4. The largest absolute Gasteiger partial charge is 0.455 e. The van der Waals surface area contributed by atoms with Gasteiger partial charge in [0.15, 0.2) is 3.92 Å². The number of morpholine rings is 1. The molecule has 1 aliphatic heterocycles. The van der Waals surface area contributed by atoms with Gasteiger partial charge in [0.1, 0.15) is 23.7 Å². The zero-order chi connectivity index (χ0) is 17.8. The molecule has 134 valence electrons. The molecule has 3 rings (SSSR count). The number of hydrogen-bond acceptors (Lipinski definition) is 8. The fraction of sp³-hybridized carbons (Fsp3) is 0.500. The van der Waals surface area contributed by atoms with E-state index in [1.165, 1.54) is 16.0 Å². The summed E-state index contributed by atoms with van der Waals surface area (Å²) in [5.41, 5.74) is 1.09. The van der Waals surface area contributed by atoms with E-state index in [4.69, 9.17) is 9.47 Å². The SMILES string of the molecule is Cc1nc(Br)sc1C(=O)OCc1cn(CC(=O)N2CCOCC2)nn1. The highest BCUT2D eigenvalue weighted by molar-refractivity contribution is 9.11. The van der Waals surface area contributed by atoms with E-state index in [2.05, 4.69) is 31.2 Å². The molecule has 25 heavy (non-hydrogen) atoms. The van der Waals surface area contributed by atoms with Crippen LogP contribution in [0.5, 0.6) is 0 Å². The molecule has 0 spiro atoms. The van der Waals surface area contributed by atoms with Gasteiger partial charge in [0.05, 0.1) is 25.1 Å². The van der Waals surface area contributed by atoms with Gasteiger partial charge in [0.2, 0.25) is 5.91 Å². The Labute approximate surface area is 156 Å². The highest BCUT2D eigenvalue weighted by atomic mass is 79.9. The fourth-order valence-corrected chi connectivity index (χ4v) is 3.73. The van der Waals surface area contributed by atoms with E-state index in [-0.39, 0.29) is 19.1 Å². The summed E-state index contributed by atoms with van der Waals surface area (Å²) in [4.78, 5) is 30.5. The Morgan fingerprint density at radius 1 is 1.40 bits per heavy atom. The summed E-state index contributed by atoms with van der Waals surface area (Å²) in [6.45, 7) is 4.10. The summed E-state index contributed by atoms with van der Waals surface area (Å²) >= 11 is 4.45. The van der Waals surface area contributed by atoms with Crippen LogP contribution in [0.1, 0.15) is 21.1 Å². The molecule has 0 aliphatic carbocycles. The van der Waals surface area contributed by atoms with Gasteiger partial charge < -0.3 is 14.4 Å². The van der Waals surface area contributed by atoms with E-state index in [1.54, 1.807) is 18.0 Å². The second-order valence-corrected chi connectivity index (χ2v) is 7.63. The number of aryl methyl sites for hydroxylation is 1. The zero-order valence-corrected chi connectivity index (χ0v) is 15.9. The Kier molecular flexibility index (Phi) is 5.76. The lowest BCUT2D eigenvalue weighted by molar-refractivity contribution is -0.136. The molecule has 1 saturated heterocycles. The van der Waals surface area contributed by atoms with Gasteiger partial charge in [-0.3, -0.25) is 4.79 Å². The maximum Gasteiger partial charge on any atom is 0.350 e. The molecule has 1 amide bonds. The van der Waals surface area contributed by atoms with E-state index in [0.717, 1.165) is 0 Å². The average Bonchev–Trinajstić information content (AvgIpc) is 3.19. The summed E-state index contributed by atoms with van der Waals surface area (Å²) in [5, 5.41) is 7.83. The van der Waals surface area contributed by atoms with E-state index < -0.39 is 5.97 Å². The first-order valence-electron chi connectivity index (χ1n) is 7.57. The molecule has 1 fully saturated rings. The summed E-state index contributed by atoms with van der Waals surface area (Å²) in [6, 6.07) is 0. The van der Waals surface area contributed by atoms with Crippen molar-refractivity contribution in [3.63, 3.8) is 0 Å². The van der Waals surface area contributed by atoms with E-state index in [0.29, 0.717) is 46.5 Å². The molecule has 0 bridgehead atoms. The molecule has 0 unspecified atom stereocenters. The Balaban J connectivity index is 1.52. The fourth-order valence-electron chi connectivity index (χ4n) is 2.29. The third kappa shape index (κ3) is 4.61. The van der Waals surface area contributed by atoms with Crippen LogP contribution >= 0.6 is 27.3 Å². The van der Waals surface area contributed by atoms with Crippen molar-refractivity contribution in [1.82, 2.24) is 24.9 Å². The van der Waals surface area contributed by atoms with Crippen LogP contribution < -0.4 is 0 Å². The molecular weight excluding hydrogens is 414 g/mol. The summed E-state index contributed by atoms with van der Waals surface area (Å²) in [6.07, 6.45) is 1.60. The van der Waals surface area contributed by atoms with Crippen molar-refractivity contribution in [2.75, 3.05) is 26.3 Å². The average molecular weight is 430 g/mol. The number of halogens is 1. The predicted octanol–water partition coefficient (Wildman–Crippen LogP) is 1.02. The Bertz CT molecular complexity index is 771. The Morgan fingerprint density at radius 3 is 2.84 bits per heavy atom. The number of nitrogens with zero attached hydrogens (tertiary/aromatic N) is 5. The van der Waals surface area contributed by atoms with Crippen LogP contribution in [-0.2, 0) is 27.4 Å². The van der Waals surface area contributed by atoms with Crippen molar-refractivity contribution in [2.24, 2.45) is 0 Å². The molecule has 0 radical (unpaired) electrons. The van der Waals surface area contributed by atoms with E-state index in [9.17, 15) is 9.59 Å². The lowest BCUT2D eigenvalue weighted by Gasteiger charge is -2.26. The molecule has 2 aromatic heterocycles. The molecule has 0 atom stereocenters. The summed E-state index contributed by atoms with van der Waals surface area (Å²) < 4.78 is 12.5. The smallest absolute Gasteiger partial charge is 0.350 e. The van der Waals surface area contributed by atoms with Crippen LogP contribution in [0.15, 0.2) is 10.1 Å². The Morgan fingerprint density at radius 2 is 2.16 bits per heavy atom. The monoisotopic (exact) mass is 429 g/mol. The normalized spacial score (nSPS) is 14.6. The molecule has 11 heteroatoms. The standard InChI is InChI=1S/C14H16BrN5O4S/c1-9-12(25-14(15)16-9)13(22)24-8-10-6-20(18-17-10)7-11(21)19-2-4-23-5-3-19/h6H,2-5,7-8H2,1H3. The molecule has 0 aromatic carbocycles. The number of carbonyl (C=O) groups excluding carboxylic acids is 2. The number of ether oxygens (including phenoxy) is 2. The first kappa shape index (κ1) is 18.0. The van der Waals surface area contributed by atoms with Crippen molar-refractivity contribution in [1.29, 1.82) is 0 Å². The van der Waals surface area contributed by atoms with Gasteiger partial charge in [-0.2, -0.15) is 0 Å². The van der Waals surface area contributed by atoms with Gasteiger partial charge >= 0.3 is 5.97 Å². The van der Waals surface area contributed by atoms with Crippen molar-refractivity contribution in [2.45, 2.75) is 20.1 Å². The van der Waals surface area contributed by atoms with Crippen molar-refractivity contribution >= 4 is 39.1 Å². The van der Waals surface area contributed by atoms with Gasteiger partial charge in [-0.05, 0) is 22.9 Å². The molecule has 1 aliphatic rings. The first-order chi connectivity index (χ1) is 12.0. The third-order valence-corrected chi connectivity index (χ3v) is 5.14. The number of thiazole rings is 1. The third-order valence-electron chi connectivity index (χ3n) is 3.55. The summed E-state index contributed by atoms with van der Waals surface area (Å²) in [7, 11) is 0. The highest BCUT2D eigenvalue weighted by Crippen LogP contribution is 2.23. The number of hydrogen-bond donors (Lipinski definition) is 0. The Hall–Kier alpha value is -1.85. The number of carbonyl (C=O) groups is 2. The van der Waals surface area contributed by atoms with Gasteiger partial charge in [0, 0.05) is 13.1 Å². The van der Waals surface area contributed by atoms with Gasteiger partial charge in [0.25, 0.3) is 0 Å². The number of esters is 1. The van der Waals surface area contributed by atoms with Crippen LogP contribution in [0.4, 0.5) is 0 Å². The molecule has 3 heterocycles. The molecule has 0 saturated carbocycles. The van der Waals surface area contributed by atoms with Crippen molar-refractivity contribution in [3.8, 4) is 0 Å². The minimum Gasteiger partial charge on any atom is -0.455 e. The quantitative estimate of drug-likeness (QED) is 0.653. The van der Waals surface area contributed by atoms with E-state index in [1.807, 2.05) is 0 Å². The summed E-state index contributed by atoms with van der Waals surface area (Å²) in [5.74, 6) is -0.499. The van der Waals surface area contributed by atoms with E-state index >= 15 is 0 Å². The minimum atomic E-state index is -0.459. The van der Waals surface area contributed by atoms with Gasteiger partial charge in [-0.15, -0.1) is 5.10 Å². The lowest BCUT2D eigenvalue weighted by Crippen LogP contribution is -2.42. The second-order valence-electron chi connectivity index (χ2n) is 5.36. The number of rotatable bonds is 5. The van der Waals surface area contributed by atoms with Gasteiger partial charge in [-0.25, -0.2) is 14.5 Å². The predicted molar refractivity (Wildman–Crippen MR) is 91.1 cm³/mol. The van der Waals surface area contributed by atoms with Crippen molar-refractivity contribution in [3.05, 3.63) is 26.4 Å². The van der Waals surface area contributed by atoms with Crippen LogP contribution in [0.2, 0.25) is 0 Å². The second kappa shape index (κ2) is 8.02. The zero-order valence-electron chi connectivity index (χ0n) is 13.5. The minimum absolute atomic E-state index is 0.0143. The van der Waals surface area contributed by atoms with Gasteiger partial charge in [-0.1, -0.05) is 16.6 Å².